The van der Waals surface area contributed by atoms with Gasteiger partial charge >= 0.3 is 0 Å². The van der Waals surface area contributed by atoms with E-state index in [1.54, 1.807) is 0 Å². The van der Waals surface area contributed by atoms with Crippen molar-refractivity contribution >= 4 is 0 Å². The van der Waals surface area contributed by atoms with Crippen LogP contribution in [-0.4, -0.2) is 24.8 Å². The van der Waals surface area contributed by atoms with Gasteiger partial charge in [-0.25, -0.2) is 0 Å². The minimum atomic E-state index is 0.242. The molecule has 2 heteroatoms. The zero-order valence-corrected chi connectivity index (χ0v) is 11.0. The summed E-state index contributed by atoms with van der Waals surface area (Å²) in [7, 11) is 0. The highest BCUT2D eigenvalue weighted by atomic mass is 16.5. The summed E-state index contributed by atoms with van der Waals surface area (Å²) in [5, 5.41) is 3.60. The SMILES string of the molecule is CC(C)C1CC(CNC(C)(C)C)CCO1. The molecule has 2 nitrogen and oxygen atoms in total. The molecule has 0 amide bonds. The lowest BCUT2D eigenvalue weighted by Crippen LogP contribution is -2.42. The van der Waals surface area contributed by atoms with Gasteiger partial charge in [-0.15, -0.1) is 0 Å². The normalized spacial score (nSPS) is 28.4. The van der Waals surface area contributed by atoms with E-state index >= 15 is 0 Å². The molecule has 1 N–H and O–H groups in total. The van der Waals surface area contributed by atoms with E-state index in [0.29, 0.717) is 12.0 Å². The summed E-state index contributed by atoms with van der Waals surface area (Å²) in [6, 6.07) is 0. The molecule has 1 saturated heterocycles. The second-order valence-electron chi connectivity index (χ2n) is 6.17. The van der Waals surface area contributed by atoms with Crippen molar-refractivity contribution < 1.29 is 4.74 Å². The summed E-state index contributed by atoms with van der Waals surface area (Å²) in [6.45, 7) is 13.3. The zero-order chi connectivity index (χ0) is 11.5. The number of ether oxygens (including phenoxy) is 1. The zero-order valence-electron chi connectivity index (χ0n) is 11.0. The number of hydrogen-bond donors (Lipinski definition) is 1. The molecule has 0 saturated carbocycles. The lowest BCUT2D eigenvalue weighted by atomic mass is 9.89. The minimum Gasteiger partial charge on any atom is -0.378 e. The van der Waals surface area contributed by atoms with Crippen molar-refractivity contribution in [1.82, 2.24) is 5.32 Å². The second-order valence-corrected chi connectivity index (χ2v) is 6.17. The van der Waals surface area contributed by atoms with E-state index in [-0.39, 0.29) is 5.54 Å². The Morgan fingerprint density at radius 3 is 2.53 bits per heavy atom. The molecule has 0 aromatic heterocycles. The maximum Gasteiger partial charge on any atom is 0.0601 e. The lowest BCUT2D eigenvalue weighted by molar-refractivity contribution is -0.0344. The van der Waals surface area contributed by atoms with E-state index in [4.69, 9.17) is 4.74 Å². The molecule has 2 unspecified atom stereocenters. The van der Waals surface area contributed by atoms with Gasteiger partial charge in [0.05, 0.1) is 6.10 Å². The third kappa shape index (κ3) is 4.98. The first-order valence-electron chi connectivity index (χ1n) is 6.25. The molecule has 2 atom stereocenters. The van der Waals surface area contributed by atoms with Gasteiger partial charge in [0.2, 0.25) is 0 Å². The van der Waals surface area contributed by atoms with Crippen LogP contribution in [0.15, 0.2) is 0 Å². The topological polar surface area (TPSA) is 21.3 Å². The molecule has 0 aliphatic carbocycles. The van der Waals surface area contributed by atoms with Crippen LogP contribution in [0.1, 0.15) is 47.5 Å². The maximum absolute atomic E-state index is 5.77. The molecule has 15 heavy (non-hydrogen) atoms. The molecule has 1 aliphatic heterocycles. The van der Waals surface area contributed by atoms with Crippen LogP contribution in [0.3, 0.4) is 0 Å². The van der Waals surface area contributed by atoms with Crippen molar-refractivity contribution in [3.8, 4) is 0 Å². The highest BCUT2D eigenvalue weighted by Gasteiger charge is 2.25. The molecule has 0 radical (unpaired) electrons. The smallest absolute Gasteiger partial charge is 0.0601 e. The van der Waals surface area contributed by atoms with Gasteiger partial charge in [0.25, 0.3) is 0 Å². The van der Waals surface area contributed by atoms with Crippen molar-refractivity contribution in [1.29, 1.82) is 0 Å². The van der Waals surface area contributed by atoms with Gasteiger partial charge < -0.3 is 10.1 Å². The monoisotopic (exact) mass is 213 g/mol. The third-order valence-corrected chi connectivity index (χ3v) is 3.09. The predicted octanol–water partition coefficient (Wildman–Crippen LogP) is 2.83. The summed E-state index contributed by atoms with van der Waals surface area (Å²) in [6.07, 6.45) is 2.91. The summed E-state index contributed by atoms with van der Waals surface area (Å²) in [5.41, 5.74) is 0.242. The molecule has 0 aromatic rings. The van der Waals surface area contributed by atoms with Crippen molar-refractivity contribution in [3.05, 3.63) is 0 Å². The Hall–Kier alpha value is -0.0800. The van der Waals surface area contributed by atoms with Gasteiger partial charge in [-0.1, -0.05) is 13.8 Å². The highest BCUT2D eigenvalue weighted by Crippen LogP contribution is 2.24. The fraction of sp³-hybridized carbons (Fsp3) is 1.00. The average molecular weight is 213 g/mol. The summed E-state index contributed by atoms with van der Waals surface area (Å²) < 4.78 is 5.77. The van der Waals surface area contributed by atoms with Crippen LogP contribution < -0.4 is 5.32 Å². The van der Waals surface area contributed by atoms with Crippen LogP contribution >= 0.6 is 0 Å². The van der Waals surface area contributed by atoms with E-state index in [1.165, 1.54) is 12.8 Å². The first-order valence-corrected chi connectivity index (χ1v) is 6.25. The van der Waals surface area contributed by atoms with Crippen LogP contribution in [0.5, 0.6) is 0 Å². The minimum absolute atomic E-state index is 0.242. The molecule has 1 fully saturated rings. The maximum atomic E-state index is 5.77. The molecule has 1 aliphatic rings. The molecule has 0 bridgehead atoms. The van der Waals surface area contributed by atoms with Gasteiger partial charge in [-0.3, -0.25) is 0 Å². The summed E-state index contributed by atoms with van der Waals surface area (Å²) in [4.78, 5) is 0. The Labute approximate surface area is 94.8 Å². The van der Waals surface area contributed by atoms with Crippen LogP contribution in [0, 0.1) is 11.8 Å². The molecule has 1 rings (SSSR count). The molecule has 90 valence electrons. The first kappa shape index (κ1) is 13.0. The Morgan fingerprint density at radius 1 is 1.33 bits per heavy atom. The Bertz CT molecular complexity index is 183. The van der Waals surface area contributed by atoms with Crippen LogP contribution in [-0.2, 0) is 4.74 Å². The Kier molecular flexibility index (Phi) is 4.60. The first-order chi connectivity index (χ1) is 6.88. The fourth-order valence-corrected chi connectivity index (χ4v) is 2.00. The van der Waals surface area contributed by atoms with E-state index < -0.39 is 0 Å². The van der Waals surface area contributed by atoms with E-state index in [2.05, 4.69) is 39.9 Å². The molecule has 0 spiro atoms. The van der Waals surface area contributed by atoms with Crippen LogP contribution in [0.25, 0.3) is 0 Å². The van der Waals surface area contributed by atoms with Crippen molar-refractivity contribution in [3.63, 3.8) is 0 Å². The van der Waals surface area contributed by atoms with E-state index in [0.717, 1.165) is 19.1 Å². The Balaban J connectivity index is 2.30. The third-order valence-electron chi connectivity index (χ3n) is 3.09. The number of rotatable bonds is 3. The average Bonchev–Trinajstić information content (AvgIpc) is 2.14. The van der Waals surface area contributed by atoms with E-state index in [9.17, 15) is 0 Å². The second kappa shape index (κ2) is 5.31. The van der Waals surface area contributed by atoms with Crippen LogP contribution in [0.2, 0.25) is 0 Å². The predicted molar refractivity (Wildman–Crippen MR) is 65.1 cm³/mol. The van der Waals surface area contributed by atoms with Gasteiger partial charge in [0, 0.05) is 12.1 Å². The highest BCUT2D eigenvalue weighted by molar-refractivity contribution is 4.78. The molecular weight excluding hydrogens is 186 g/mol. The van der Waals surface area contributed by atoms with Gasteiger partial charge in [-0.2, -0.15) is 0 Å². The lowest BCUT2D eigenvalue weighted by Gasteiger charge is -2.33. The van der Waals surface area contributed by atoms with E-state index in [1.807, 2.05) is 0 Å². The number of hydrogen-bond acceptors (Lipinski definition) is 2. The number of nitrogens with one attached hydrogen (secondary N) is 1. The fourth-order valence-electron chi connectivity index (χ4n) is 2.00. The standard InChI is InChI=1S/C13H27NO/c1-10(2)12-8-11(6-7-15-12)9-14-13(3,4)5/h10-12,14H,6-9H2,1-5H3. The van der Waals surface area contributed by atoms with Gasteiger partial charge in [-0.05, 0) is 52.0 Å². The van der Waals surface area contributed by atoms with Crippen LogP contribution in [0.4, 0.5) is 0 Å². The Morgan fingerprint density at radius 2 is 2.00 bits per heavy atom. The molecule has 0 aromatic carbocycles. The summed E-state index contributed by atoms with van der Waals surface area (Å²) >= 11 is 0. The van der Waals surface area contributed by atoms with Gasteiger partial charge in [0.1, 0.15) is 0 Å². The van der Waals surface area contributed by atoms with Gasteiger partial charge in [0.15, 0.2) is 0 Å². The quantitative estimate of drug-likeness (QED) is 0.778. The van der Waals surface area contributed by atoms with Crippen molar-refractivity contribution in [2.75, 3.05) is 13.2 Å². The molecule has 1 heterocycles. The van der Waals surface area contributed by atoms with Crippen molar-refractivity contribution in [2.24, 2.45) is 11.8 Å². The molecular formula is C13H27NO. The summed E-state index contributed by atoms with van der Waals surface area (Å²) in [5.74, 6) is 1.45. The van der Waals surface area contributed by atoms with Crippen molar-refractivity contribution in [2.45, 2.75) is 59.1 Å². The largest absolute Gasteiger partial charge is 0.378 e.